The molecule has 0 amide bonds. The Kier molecular flexibility index (Phi) is 8.31. The predicted octanol–water partition coefficient (Wildman–Crippen LogP) is 3.99. The van der Waals surface area contributed by atoms with Gasteiger partial charge in [-0.3, -0.25) is 0 Å². The van der Waals surface area contributed by atoms with Crippen molar-refractivity contribution in [1.29, 1.82) is 0 Å². The molecule has 0 heterocycles. The molecule has 0 aliphatic rings. The van der Waals surface area contributed by atoms with E-state index in [-0.39, 0.29) is 0 Å². The highest BCUT2D eigenvalue weighted by atomic mass is 79.9. The van der Waals surface area contributed by atoms with Gasteiger partial charge in [0.15, 0.2) is 0 Å². The Morgan fingerprint density at radius 3 is 2.72 bits per heavy atom. The lowest BCUT2D eigenvalue weighted by atomic mass is 10.1. The summed E-state index contributed by atoms with van der Waals surface area (Å²) in [4.78, 5) is 0. The van der Waals surface area contributed by atoms with E-state index in [0.717, 1.165) is 30.1 Å². The van der Waals surface area contributed by atoms with Crippen LogP contribution in [0.1, 0.15) is 32.3 Å². The molecule has 1 N–H and O–H groups in total. The first-order valence-corrected chi connectivity index (χ1v) is 7.51. The highest BCUT2D eigenvalue weighted by Gasteiger charge is 1.98. The smallest absolute Gasteiger partial charge is 0.0728 e. The van der Waals surface area contributed by atoms with Gasteiger partial charge in [0.05, 0.1) is 13.2 Å². The summed E-state index contributed by atoms with van der Waals surface area (Å²) in [6.45, 7) is 8.00. The minimum atomic E-state index is 0.676. The molecule has 0 aliphatic carbocycles. The van der Waals surface area contributed by atoms with Crippen molar-refractivity contribution in [2.45, 2.75) is 33.3 Å². The lowest BCUT2D eigenvalue weighted by molar-refractivity contribution is 0.122. The number of benzene rings is 1. The number of rotatable bonds is 9. The Labute approximate surface area is 119 Å². The fourth-order valence-electron chi connectivity index (χ4n) is 1.70. The van der Waals surface area contributed by atoms with Gasteiger partial charge in [0.2, 0.25) is 0 Å². The first-order chi connectivity index (χ1) is 8.70. The molecular formula is C15H24BrNO. The Hall–Kier alpha value is -0.380. The lowest BCUT2D eigenvalue weighted by Gasteiger charge is -2.08. The van der Waals surface area contributed by atoms with Gasteiger partial charge in [0.25, 0.3) is 0 Å². The topological polar surface area (TPSA) is 21.3 Å². The predicted molar refractivity (Wildman–Crippen MR) is 80.7 cm³/mol. The molecular weight excluding hydrogens is 290 g/mol. The molecule has 0 unspecified atom stereocenters. The molecule has 0 aromatic heterocycles. The summed E-state index contributed by atoms with van der Waals surface area (Å²) in [5.41, 5.74) is 1.21. The molecule has 1 aromatic carbocycles. The molecule has 18 heavy (non-hydrogen) atoms. The third kappa shape index (κ3) is 7.14. The van der Waals surface area contributed by atoms with Gasteiger partial charge >= 0.3 is 0 Å². The number of hydrogen-bond donors (Lipinski definition) is 1. The van der Waals surface area contributed by atoms with E-state index >= 15 is 0 Å². The third-order valence-corrected chi connectivity index (χ3v) is 3.55. The normalized spacial score (nSPS) is 11.1. The van der Waals surface area contributed by atoms with Crippen LogP contribution in [0.4, 0.5) is 0 Å². The van der Waals surface area contributed by atoms with Crippen molar-refractivity contribution in [3.05, 3.63) is 34.3 Å². The average molecular weight is 314 g/mol. The molecule has 0 aliphatic heterocycles. The van der Waals surface area contributed by atoms with E-state index in [4.69, 9.17) is 4.74 Å². The van der Waals surface area contributed by atoms with Gasteiger partial charge in [-0.1, -0.05) is 48.0 Å². The molecule has 102 valence electrons. The van der Waals surface area contributed by atoms with E-state index in [2.05, 4.69) is 41.2 Å². The largest absolute Gasteiger partial charge is 0.375 e. The molecule has 0 spiro atoms. The molecule has 0 saturated carbocycles. The van der Waals surface area contributed by atoms with E-state index in [1.807, 2.05) is 18.2 Å². The lowest BCUT2D eigenvalue weighted by Crippen LogP contribution is -2.21. The second-order valence-corrected chi connectivity index (χ2v) is 5.78. The summed E-state index contributed by atoms with van der Waals surface area (Å²) in [5.74, 6) is 0.804. The molecule has 0 saturated heterocycles. The summed E-state index contributed by atoms with van der Waals surface area (Å²) in [5, 5.41) is 3.40. The molecule has 3 heteroatoms. The first kappa shape index (κ1) is 15.7. The highest BCUT2D eigenvalue weighted by Crippen LogP contribution is 2.16. The van der Waals surface area contributed by atoms with Crippen molar-refractivity contribution in [2.75, 3.05) is 19.7 Å². The van der Waals surface area contributed by atoms with Gasteiger partial charge < -0.3 is 10.1 Å². The zero-order valence-electron chi connectivity index (χ0n) is 11.4. The van der Waals surface area contributed by atoms with Crippen molar-refractivity contribution in [3.8, 4) is 0 Å². The maximum absolute atomic E-state index is 5.64. The Morgan fingerprint density at radius 1 is 1.22 bits per heavy atom. The van der Waals surface area contributed by atoms with Gasteiger partial charge in [-0.15, -0.1) is 0 Å². The zero-order chi connectivity index (χ0) is 13.2. The van der Waals surface area contributed by atoms with Gasteiger partial charge in [0.1, 0.15) is 0 Å². The Morgan fingerprint density at radius 2 is 2.00 bits per heavy atom. The van der Waals surface area contributed by atoms with Crippen LogP contribution in [0.15, 0.2) is 28.7 Å². The minimum Gasteiger partial charge on any atom is -0.375 e. The number of nitrogens with one attached hydrogen (secondary N) is 1. The van der Waals surface area contributed by atoms with E-state index < -0.39 is 0 Å². The van der Waals surface area contributed by atoms with Crippen molar-refractivity contribution in [2.24, 2.45) is 5.92 Å². The molecule has 1 rings (SSSR count). The summed E-state index contributed by atoms with van der Waals surface area (Å²) in [7, 11) is 0. The molecule has 1 aromatic rings. The van der Waals surface area contributed by atoms with Crippen LogP contribution in [-0.2, 0) is 11.3 Å². The van der Waals surface area contributed by atoms with Crippen LogP contribution in [0.2, 0.25) is 0 Å². The van der Waals surface area contributed by atoms with Crippen LogP contribution in [0.3, 0.4) is 0 Å². The number of hydrogen-bond acceptors (Lipinski definition) is 2. The van der Waals surface area contributed by atoms with Crippen LogP contribution in [-0.4, -0.2) is 19.7 Å². The van der Waals surface area contributed by atoms with Crippen LogP contribution in [0, 0.1) is 5.92 Å². The van der Waals surface area contributed by atoms with E-state index in [0.29, 0.717) is 6.61 Å². The van der Waals surface area contributed by atoms with E-state index in [1.165, 1.54) is 18.4 Å². The fourth-order valence-corrected chi connectivity index (χ4v) is 2.10. The average Bonchev–Trinajstić information content (AvgIpc) is 2.34. The van der Waals surface area contributed by atoms with Gasteiger partial charge in [0, 0.05) is 11.0 Å². The Bertz CT molecular complexity index is 328. The molecule has 0 radical (unpaired) electrons. The van der Waals surface area contributed by atoms with Crippen LogP contribution in [0.25, 0.3) is 0 Å². The van der Waals surface area contributed by atoms with Crippen molar-refractivity contribution in [1.82, 2.24) is 5.32 Å². The monoisotopic (exact) mass is 313 g/mol. The molecule has 2 nitrogen and oxygen atoms in total. The van der Waals surface area contributed by atoms with Gasteiger partial charge in [-0.25, -0.2) is 0 Å². The van der Waals surface area contributed by atoms with Gasteiger partial charge in [-0.2, -0.15) is 0 Å². The Balaban J connectivity index is 1.98. The summed E-state index contributed by atoms with van der Waals surface area (Å²) >= 11 is 3.52. The van der Waals surface area contributed by atoms with Gasteiger partial charge in [-0.05, 0) is 36.9 Å². The van der Waals surface area contributed by atoms with Crippen molar-refractivity contribution < 1.29 is 4.74 Å². The van der Waals surface area contributed by atoms with Crippen LogP contribution < -0.4 is 5.32 Å². The van der Waals surface area contributed by atoms with Crippen molar-refractivity contribution >= 4 is 15.9 Å². The summed E-state index contributed by atoms with van der Waals surface area (Å²) in [6.07, 6.45) is 2.55. The minimum absolute atomic E-state index is 0.676. The number of halogens is 1. The molecule has 0 fully saturated rings. The number of ether oxygens (including phenoxy) is 1. The third-order valence-electron chi connectivity index (χ3n) is 2.77. The molecule has 0 bridgehead atoms. The second kappa shape index (κ2) is 9.54. The van der Waals surface area contributed by atoms with Crippen LogP contribution in [0.5, 0.6) is 0 Å². The SMILES string of the molecule is CC(C)CCCNCCOCc1ccccc1Br. The maximum Gasteiger partial charge on any atom is 0.0728 e. The van der Waals surface area contributed by atoms with Crippen LogP contribution >= 0.6 is 15.9 Å². The highest BCUT2D eigenvalue weighted by molar-refractivity contribution is 9.10. The van der Waals surface area contributed by atoms with Crippen molar-refractivity contribution in [3.63, 3.8) is 0 Å². The second-order valence-electron chi connectivity index (χ2n) is 4.93. The fraction of sp³-hybridized carbons (Fsp3) is 0.600. The maximum atomic E-state index is 5.64. The summed E-state index contributed by atoms with van der Waals surface area (Å²) in [6, 6.07) is 8.18. The molecule has 0 atom stereocenters. The zero-order valence-corrected chi connectivity index (χ0v) is 13.0. The van der Waals surface area contributed by atoms with E-state index in [9.17, 15) is 0 Å². The standard InChI is InChI=1S/C15H24BrNO/c1-13(2)6-5-9-17-10-11-18-12-14-7-3-4-8-15(14)16/h3-4,7-8,13,17H,5-6,9-12H2,1-2H3. The first-order valence-electron chi connectivity index (χ1n) is 6.72. The summed E-state index contributed by atoms with van der Waals surface area (Å²) < 4.78 is 6.76. The van der Waals surface area contributed by atoms with E-state index in [1.54, 1.807) is 0 Å². The quantitative estimate of drug-likeness (QED) is 0.696.